The van der Waals surface area contributed by atoms with Gasteiger partial charge in [-0.2, -0.15) is 0 Å². The van der Waals surface area contributed by atoms with Crippen molar-refractivity contribution in [1.29, 1.82) is 0 Å². The molecule has 1 aromatic carbocycles. The summed E-state index contributed by atoms with van der Waals surface area (Å²) >= 11 is 1.50. The lowest BCUT2D eigenvalue weighted by Crippen LogP contribution is -2.26. The molecule has 21 heavy (non-hydrogen) atoms. The Hall–Kier alpha value is -1.57. The second-order valence-electron chi connectivity index (χ2n) is 4.38. The van der Waals surface area contributed by atoms with E-state index in [9.17, 15) is 8.42 Å². The van der Waals surface area contributed by atoms with Gasteiger partial charge in [-0.05, 0) is 30.5 Å². The Labute approximate surface area is 128 Å². The molecule has 5 nitrogen and oxygen atoms in total. The van der Waals surface area contributed by atoms with Crippen molar-refractivity contribution < 1.29 is 17.9 Å². The van der Waals surface area contributed by atoms with Crippen molar-refractivity contribution in [3.8, 4) is 11.5 Å². The highest BCUT2D eigenvalue weighted by Crippen LogP contribution is 2.29. The standard InChI is InChI=1S/C14H17NO4S2/c1-10(13-5-4-8-20-13)15-21(16,17)14-9-11(18-2)6-7-12(14)19-3/h4-10,15H,1-3H3/t10-/m1/s1. The fourth-order valence-electron chi connectivity index (χ4n) is 1.89. The third kappa shape index (κ3) is 3.55. The summed E-state index contributed by atoms with van der Waals surface area (Å²) in [5.74, 6) is 0.738. The van der Waals surface area contributed by atoms with Crippen LogP contribution in [0.1, 0.15) is 17.8 Å². The van der Waals surface area contributed by atoms with E-state index in [0.29, 0.717) is 5.75 Å². The van der Waals surface area contributed by atoms with Gasteiger partial charge in [0.25, 0.3) is 0 Å². The predicted octanol–water partition coefficient (Wildman–Crippen LogP) is 2.80. The summed E-state index contributed by atoms with van der Waals surface area (Å²) in [7, 11) is -0.789. The molecule has 0 spiro atoms. The molecule has 0 bridgehead atoms. The summed E-state index contributed by atoms with van der Waals surface area (Å²) < 4.78 is 37.9. The molecule has 0 amide bonds. The summed E-state index contributed by atoms with van der Waals surface area (Å²) in [6, 6.07) is 8.13. The molecule has 0 saturated carbocycles. The molecule has 0 radical (unpaired) electrons. The van der Waals surface area contributed by atoms with Crippen molar-refractivity contribution >= 4 is 21.4 Å². The van der Waals surface area contributed by atoms with Crippen LogP contribution in [0.2, 0.25) is 0 Å². The van der Waals surface area contributed by atoms with E-state index in [2.05, 4.69) is 4.72 Å². The number of benzene rings is 1. The van der Waals surface area contributed by atoms with Crippen LogP contribution in [-0.2, 0) is 10.0 Å². The Bertz CT molecular complexity index is 696. The van der Waals surface area contributed by atoms with E-state index in [0.717, 1.165) is 4.88 Å². The van der Waals surface area contributed by atoms with Crippen LogP contribution in [0.3, 0.4) is 0 Å². The first-order valence-corrected chi connectivity index (χ1v) is 8.62. The monoisotopic (exact) mass is 327 g/mol. The summed E-state index contributed by atoms with van der Waals surface area (Å²) in [6.45, 7) is 1.80. The highest BCUT2D eigenvalue weighted by molar-refractivity contribution is 7.89. The molecule has 0 aliphatic rings. The van der Waals surface area contributed by atoms with Crippen LogP contribution in [0.5, 0.6) is 11.5 Å². The Balaban J connectivity index is 2.34. The van der Waals surface area contributed by atoms with Crippen molar-refractivity contribution in [3.05, 3.63) is 40.6 Å². The minimum Gasteiger partial charge on any atom is -0.497 e. The van der Waals surface area contributed by atoms with Crippen molar-refractivity contribution in [1.82, 2.24) is 4.72 Å². The zero-order chi connectivity index (χ0) is 15.5. The SMILES string of the molecule is COc1ccc(OC)c(S(=O)(=O)N[C@H](C)c2cccs2)c1. The first-order chi connectivity index (χ1) is 9.97. The Kier molecular flexibility index (Phi) is 4.87. The van der Waals surface area contributed by atoms with E-state index < -0.39 is 10.0 Å². The maximum absolute atomic E-state index is 12.5. The topological polar surface area (TPSA) is 64.6 Å². The van der Waals surface area contributed by atoms with Crippen molar-refractivity contribution in [3.63, 3.8) is 0 Å². The number of hydrogen-bond donors (Lipinski definition) is 1. The molecule has 1 aromatic heterocycles. The molecule has 0 fully saturated rings. The molecule has 0 aliphatic carbocycles. The number of methoxy groups -OCH3 is 2. The van der Waals surface area contributed by atoms with E-state index in [4.69, 9.17) is 9.47 Å². The molecular formula is C14H17NO4S2. The zero-order valence-electron chi connectivity index (χ0n) is 12.0. The quantitative estimate of drug-likeness (QED) is 0.886. The summed E-state index contributed by atoms with van der Waals surface area (Å²) in [6.07, 6.45) is 0. The number of thiophene rings is 1. The van der Waals surface area contributed by atoms with Crippen molar-refractivity contribution in [2.75, 3.05) is 14.2 Å². The minimum atomic E-state index is -3.71. The Morgan fingerprint density at radius 3 is 2.52 bits per heavy atom. The van der Waals surface area contributed by atoms with Gasteiger partial charge in [-0.15, -0.1) is 11.3 Å². The molecule has 0 aliphatic heterocycles. The molecule has 1 atom stereocenters. The summed E-state index contributed by atoms with van der Waals surface area (Å²) in [5.41, 5.74) is 0. The van der Waals surface area contributed by atoms with Gasteiger partial charge in [0, 0.05) is 10.9 Å². The van der Waals surface area contributed by atoms with Crippen molar-refractivity contribution in [2.24, 2.45) is 0 Å². The molecule has 1 N–H and O–H groups in total. The number of sulfonamides is 1. The summed E-state index contributed by atoms with van der Waals surface area (Å²) in [5, 5.41) is 1.91. The summed E-state index contributed by atoms with van der Waals surface area (Å²) in [4.78, 5) is 1.01. The molecule has 0 saturated heterocycles. The minimum absolute atomic E-state index is 0.0627. The first-order valence-electron chi connectivity index (χ1n) is 6.25. The fourth-order valence-corrected chi connectivity index (χ4v) is 4.10. The van der Waals surface area contributed by atoms with Crippen LogP contribution < -0.4 is 14.2 Å². The highest BCUT2D eigenvalue weighted by Gasteiger charge is 2.23. The highest BCUT2D eigenvalue weighted by atomic mass is 32.2. The van der Waals surface area contributed by atoms with Gasteiger partial charge in [0.2, 0.25) is 10.0 Å². The van der Waals surface area contributed by atoms with Gasteiger partial charge in [0.05, 0.1) is 20.3 Å². The lowest BCUT2D eigenvalue weighted by atomic mass is 10.3. The Morgan fingerprint density at radius 1 is 1.19 bits per heavy atom. The van der Waals surface area contributed by atoms with Gasteiger partial charge in [0.1, 0.15) is 16.4 Å². The van der Waals surface area contributed by atoms with Crippen LogP contribution in [0, 0.1) is 0 Å². The normalized spacial score (nSPS) is 12.9. The van der Waals surface area contributed by atoms with Crippen LogP contribution in [0.15, 0.2) is 40.6 Å². The smallest absolute Gasteiger partial charge is 0.244 e. The van der Waals surface area contributed by atoms with Crippen molar-refractivity contribution in [2.45, 2.75) is 17.9 Å². The number of ether oxygens (including phenoxy) is 2. The van der Waals surface area contributed by atoms with Crippen LogP contribution in [0.25, 0.3) is 0 Å². The van der Waals surface area contributed by atoms with Crippen LogP contribution >= 0.6 is 11.3 Å². The largest absolute Gasteiger partial charge is 0.497 e. The second-order valence-corrected chi connectivity index (χ2v) is 7.04. The molecule has 0 unspecified atom stereocenters. The molecular weight excluding hydrogens is 310 g/mol. The maximum atomic E-state index is 12.5. The molecule has 7 heteroatoms. The lowest BCUT2D eigenvalue weighted by molar-refractivity contribution is 0.391. The van der Waals surface area contributed by atoms with Crippen LogP contribution in [0.4, 0.5) is 0 Å². The van der Waals surface area contributed by atoms with Gasteiger partial charge in [-0.1, -0.05) is 6.07 Å². The molecule has 114 valence electrons. The molecule has 2 rings (SSSR count). The van der Waals surface area contributed by atoms with E-state index in [1.54, 1.807) is 19.1 Å². The van der Waals surface area contributed by atoms with Crippen LogP contribution in [-0.4, -0.2) is 22.6 Å². The van der Waals surface area contributed by atoms with Gasteiger partial charge in [-0.3, -0.25) is 0 Å². The van der Waals surface area contributed by atoms with Gasteiger partial charge in [-0.25, -0.2) is 13.1 Å². The van der Waals surface area contributed by atoms with Gasteiger partial charge >= 0.3 is 0 Å². The third-order valence-corrected chi connectivity index (χ3v) is 5.58. The van der Waals surface area contributed by atoms with E-state index in [-0.39, 0.29) is 16.7 Å². The van der Waals surface area contributed by atoms with Gasteiger partial charge in [0.15, 0.2) is 0 Å². The van der Waals surface area contributed by atoms with E-state index in [1.807, 2.05) is 17.5 Å². The average molecular weight is 327 g/mol. The second kappa shape index (κ2) is 6.46. The zero-order valence-corrected chi connectivity index (χ0v) is 13.6. The fraction of sp³-hybridized carbons (Fsp3) is 0.286. The molecule has 2 aromatic rings. The first kappa shape index (κ1) is 15.8. The average Bonchev–Trinajstić information content (AvgIpc) is 3.00. The predicted molar refractivity (Wildman–Crippen MR) is 82.6 cm³/mol. The number of nitrogens with one attached hydrogen (secondary N) is 1. The number of hydrogen-bond acceptors (Lipinski definition) is 5. The van der Waals surface area contributed by atoms with Gasteiger partial charge < -0.3 is 9.47 Å². The van der Waals surface area contributed by atoms with E-state index >= 15 is 0 Å². The number of rotatable bonds is 6. The maximum Gasteiger partial charge on any atom is 0.244 e. The lowest BCUT2D eigenvalue weighted by Gasteiger charge is -2.15. The molecule has 1 heterocycles. The third-order valence-electron chi connectivity index (χ3n) is 2.96. The Morgan fingerprint density at radius 2 is 1.95 bits per heavy atom. The van der Waals surface area contributed by atoms with E-state index in [1.165, 1.54) is 31.6 Å².